The summed E-state index contributed by atoms with van der Waals surface area (Å²) >= 11 is 0. The molecule has 1 aliphatic rings. The number of nitrogens with one attached hydrogen (secondary N) is 1. The fraction of sp³-hybridized carbons (Fsp3) is 0.556. The topological polar surface area (TPSA) is 83.1 Å². The van der Waals surface area contributed by atoms with Crippen molar-refractivity contribution in [1.29, 1.82) is 0 Å². The van der Waals surface area contributed by atoms with Crippen molar-refractivity contribution in [2.75, 3.05) is 18.0 Å². The Labute approximate surface area is 103 Å². The van der Waals surface area contributed by atoms with Crippen LogP contribution in [0.25, 0.3) is 0 Å². The van der Waals surface area contributed by atoms with E-state index in [0.29, 0.717) is 5.95 Å². The molecule has 1 saturated heterocycles. The van der Waals surface area contributed by atoms with Gasteiger partial charge in [-0.3, -0.25) is 9.78 Å². The van der Waals surface area contributed by atoms with E-state index < -0.39 is 19.5 Å². The number of rotatable bonds is 2. The van der Waals surface area contributed by atoms with Gasteiger partial charge in [0.25, 0.3) is 14.6 Å². The third-order valence-corrected chi connectivity index (χ3v) is 4.11. The van der Waals surface area contributed by atoms with E-state index in [1.165, 1.54) is 6.92 Å². The van der Waals surface area contributed by atoms with Gasteiger partial charge in [-0.05, 0) is 19.8 Å². The Kier molecular flexibility index (Phi) is 3.13. The van der Waals surface area contributed by atoms with Crippen LogP contribution in [0.4, 0.5) is 5.95 Å². The van der Waals surface area contributed by atoms with Crippen molar-refractivity contribution < 1.29 is 8.42 Å². The highest BCUT2D eigenvalue weighted by Gasteiger charge is 2.22. The van der Waals surface area contributed by atoms with E-state index in [9.17, 15) is 13.2 Å². The van der Waals surface area contributed by atoms with Gasteiger partial charge in [-0.15, -0.1) is 0 Å². The number of hydrogen-bond acceptors (Lipinski definition) is 5. The van der Waals surface area contributed by atoms with Crippen molar-refractivity contribution in [2.24, 2.45) is 0 Å². The standard InChI is InChI=1S/C9H12ClN3O3S/c1-6-7(17(10,15)16)8(14)12-9(11-6)13-4-2-3-5-13/h2-5H2,1H3,(H,11,12,14). The largest absolute Gasteiger partial charge is 0.342 e. The molecule has 0 saturated carbocycles. The van der Waals surface area contributed by atoms with Crippen LogP contribution in [-0.2, 0) is 9.05 Å². The maximum Gasteiger partial charge on any atom is 0.272 e. The number of anilines is 1. The number of H-pyrrole nitrogens is 1. The first-order chi connectivity index (χ1) is 7.89. The average Bonchev–Trinajstić information content (AvgIpc) is 2.66. The van der Waals surface area contributed by atoms with Crippen molar-refractivity contribution in [3.8, 4) is 0 Å². The quantitative estimate of drug-likeness (QED) is 0.801. The van der Waals surface area contributed by atoms with Gasteiger partial charge >= 0.3 is 0 Å². The van der Waals surface area contributed by atoms with Crippen LogP contribution >= 0.6 is 10.7 Å². The highest BCUT2D eigenvalue weighted by molar-refractivity contribution is 8.13. The summed E-state index contributed by atoms with van der Waals surface area (Å²) in [4.78, 5) is 19.7. The second-order valence-electron chi connectivity index (χ2n) is 3.94. The minimum absolute atomic E-state index is 0.130. The van der Waals surface area contributed by atoms with Gasteiger partial charge in [0.05, 0.1) is 5.69 Å². The maximum absolute atomic E-state index is 11.7. The molecule has 2 heterocycles. The maximum atomic E-state index is 11.7. The van der Waals surface area contributed by atoms with Crippen LogP contribution in [0, 0.1) is 6.92 Å². The lowest BCUT2D eigenvalue weighted by atomic mass is 10.4. The molecule has 1 aliphatic heterocycles. The van der Waals surface area contributed by atoms with Crippen LogP contribution in [0.2, 0.25) is 0 Å². The van der Waals surface area contributed by atoms with Crippen molar-refractivity contribution in [2.45, 2.75) is 24.7 Å². The predicted molar refractivity (Wildman–Crippen MR) is 64.1 cm³/mol. The molecule has 1 aromatic heterocycles. The first kappa shape index (κ1) is 12.4. The zero-order chi connectivity index (χ0) is 12.6. The van der Waals surface area contributed by atoms with E-state index in [1.54, 1.807) is 0 Å². The van der Waals surface area contributed by atoms with Crippen LogP contribution in [0.15, 0.2) is 9.69 Å². The minimum Gasteiger partial charge on any atom is -0.342 e. The summed E-state index contributed by atoms with van der Waals surface area (Å²) in [5, 5.41) is 0. The summed E-state index contributed by atoms with van der Waals surface area (Å²) in [6, 6.07) is 0. The Bertz CT molecular complexity index is 590. The summed E-state index contributed by atoms with van der Waals surface area (Å²) in [7, 11) is 1.12. The molecule has 0 aromatic carbocycles. The molecule has 0 amide bonds. The van der Waals surface area contributed by atoms with Crippen LogP contribution in [0.5, 0.6) is 0 Å². The molecular formula is C9H12ClN3O3S. The zero-order valence-corrected chi connectivity index (χ0v) is 10.8. The molecule has 0 bridgehead atoms. The van der Waals surface area contributed by atoms with Gasteiger partial charge < -0.3 is 4.90 Å². The molecule has 0 atom stereocenters. The molecule has 6 nitrogen and oxygen atoms in total. The second kappa shape index (κ2) is 4.30. The van der Waals surface area contributed by atoms with E-state index in [2.05, 4.69) is 9.97 Å². The molecule has 0 unspecified atom stereocenters. The zero-order valence-electron chi connectivity index (χ0n) is 9.23. The summed E-state index contributed by atoms with van der Waals surface area (Å²) < 4.78 is 22.4. The lowest BCUT2D eigenvalue weighted by molar-refractivity contribution is 0.606. The van der Waals surface area contributed by atoms with Gasteiger partial charge in [0, 0.05) is 23.8 Å². The summed E-state index contributed by atoms with van der Waals surface area (Å²) in [6.45, 7) is 3.09. The Balaban J connectivity index is 2.52. The third kappa shape index (κ3) is 2.44. The van der Waals surface area contributed by atoms with Gasteiger partial charge in [-0.25, -0.2) is 13.4 Å². The highest BCUT2D eigenvalue weighted by Crippen LogP contribution is 2.18. The molecule has 2 rings (SSSR count). The smallest absolute Gasteiger partial charge is 0.272 e. The number of hydrogen-bond donors (Lipinski definition) is 1. The number of aryl methyl sites for hydroxylation is 1. The van der Waals surface area contributed by atoms with Crippen LogP contribution < -0.4 is 10.5 Å². The molecular weight excluding hydrogens is 266 g/mol. The van der Waals surface area contributed by atoms with Gasteiger partial charge in [0.1, 0.15) is 0 Å². The molecule has 1 fully saturated rings. The first-order valence-electron chi connectivity index (χ1n) is 5.20. The molecule has 0 radical (unpaired) electrons. The fourth-order valence-corrected chi connectivity index (χ4v) is 3.14. The molecule has 0 spiro atoms. The molecule has 8 heteroatoms. The van der Waals surface area contributed by atoms with E-state index >= 15 is 0 Å². The Morgan fingerprint density at radius 2 is 1.94 bits per heavy atom. The van der Waals surface area contributed by atoms with E-state index in [-0.39, 0.29) is 5.69 Å². The summed E-state index contributed by atoms with van der Waals surface area (Å²) in [5.74, 6) is 0.411. The van der Waals surface area contributed by atoms with Crippen molar-refractivity contribution in [3.63, 3.8) is 0 Å². The number of nitrogens with zero attached hydrogens (tertiary/aromatic N) is 2. The fourth-order valence-electron chi connectivity index (χ4n) is 1.93. The molecule has 1 N–H and O–H groups in total. The SMILES string of the molecule is Cc1nc(N2CCCC2)[nH]c(=O)c1S(=O)(=O)Cl. The Hall–Kier alpha value is -1.08. The summed E-state index contributed by atoms with van der Waals surface area (Å²) in [6.07, 6.45) is 2.08. The monoisotopic (exact) mass is 277 g/mol. The Morgan fingerprint density at radius 1 is 1.35 bits per heavy atom. The lowest BCUT2D eigenvalue weighted by Crippen LogP contribution is -2.27. The molecule has 0 aliphatic carbocycles. The van der Waals surface area contributed by atoms with Crippen molar-refractivity contribution in [3.05, 3.63) is 16.0 Å². The number of halogens is 1. The van der Waals surface area contributed by atoms with Crippen molar-refractivity contribution in [1.82, 2.24) is 9.97 Å². The minimum atomic E-state index is -4.06. The number of aromatic nitrogens is 2. The van der Waals surface area contributed by atoms with Gasteiger partial charge in [0.2, 0.25) is 5.95 Å². The predicted octanol–water partition coefficient (Wildman–Crippen LogP) is 0.606. The molecule has 94 valence electrons. The third-order valence-electron chi connectivity index (χ3n) is 2.68. The first-order valence-corrected chi connectivity index (χ1v) is 7.51. The normalized spacial score (nSPS) is 16.5. The van der Waals surface area contributed by atoms with Gasteiger partial charge in [-0.1, -0.05) is 0 Å². The van der Waals surface area contributed by atoms with Crippen molar-refractivity contribution >= 4 is 25.7 Å². The Morgan fingerprint density at radius 3 is 2.41 bits per heavy atom. The van der Waals surface area contributed by atoms with Crippen LogP contribution in [0.1, 0.15) is 18.5 Å². The summed E-state index contributed by atoms with van der Waals surface area (Å²) in [5.41, 5.74) is -0.583. The van der Waals surface area contributed by atoms with E-state index in [0.717, 1.165) is 25.9 Å². The second-order valence-corrected chi connectivity index (χ2v) is 6.44. The molecule has 1 aromatic rings. The molecule has 17 heavy (non-hydrogen) atoms. The van der Waals surface area contributed by atoms with E-state index in [4.69, 9.17) is 10.7 Å². The van der Waals surface area contributed by atoms with Crippen LogP contribution in [0.3, 0.4) is 0 Å². The number of aromatic amines is 1. The van der Waals surface area contributed by atoms with Gasteiger partial charge in [-0.2, -0.15) is 0 Å². The van der Waals surface area contributed by atoms with E-state index in [1.807, 2.05) is 4.90 Å². The highest BCUT2D eigenvalue weighted by atomic mass is 35.7. The van der Waals surface area contributed by atoms with Gasteiger partial charge in [0.15, 0.2) is 4.90 Å². The van der Waals surface area contributed by atoms with Crippen LogP contribution in [-0.4, -0.2) is 31.5 Å². The lowest BCUT2D eigenvalue weighted by Gasteiger charge is -2.16. The average molecular weight is 278 g/mol.